The summed E-state index contributed by atoms with van der Waals surface area (Å²) >= 11 is 0. The van der Waals surface area contributed by atoms with E-state index in [1.54, 1.807) is 0 Å². The van der Waals surface area contributed by atoms with Crippen LogP contribution in [0.2, 0.25) is 0 Å². The van der Waals surface area contributed by atoms with Gasteiger partial charge in [0.2, 0.25) is 0 Å². The lowest BCUT2D eigenvalue weighted by Gasteiger charge is -2.07. The molecule has 0 heterocycles. The molecular weight excluding hydrogens is 214 g/mol. The molecule has 0 aliphatic rings. The van der Waals surface area contributed by atoms with Crippen molar-refractivity contribution in [2.24, 2.45) is 0 Å². The van der Waals surface area contributed by atoms with Gasteiger partial charge < -0.3 is 10.5 Å². The second-order valence-corrected chi connectivity index (χ2v) is 4.98. The van der Waals surface area contributed by atoms with Crippen molar-refractivity contribution >= 4 is 15.5 Å². The van der Waals surface area contributed by atoms with Gasteiger partial charge in [-0.25, -0.2) is 8.42 Å². The van der Waals surface area contributed by atoms with Gasteiger partial charge in [-0.2, -0.15) is 0 Å². The zero-order valence-corrected chi connectivity index (χ0v) is 9.04. The zero-order valence-electron chi connectivity index (χ0n) is 8.23. The van der Waals surface area contributed by atoms with Crippen LogP contribution in [-0.4, -0.2) is 21.3 Å². The highest BCUT2D eigenvalue weighted by molar-refractivity contribution is 7.90. The Hall–Kier alpha value is -1.67. The van der Waals surface area contributed by atoms with Gasteiger partial charge in [-0.05, 0) is 18.2 Å². The van der Waals surface area contributed by atoms with Crippen LogP contribution in [0.3, 0.4) is 0 Å². The van der Waals surface area contributed by atoms with Gasteiger partial charge in [0.05, 0.1) is 10.6 Å². The van der Waals surface area contributed by atoms with Crippen LogP contribution in [0, 0.1) is 12.3 Å². The molecule has 0 spiro atoms. The Bertz CT molecular complexity index is 500. The van der Waals surface area contributed by atoms with Gasteiger partial charge in [0.1, 0.15) is 12.4 Å². The molecule has 0 saturated heterocycles. The molecule has 0 aromatic heterocycles. The molecule has 1 rings (SSSR count). The molecule has 1 aromatic rings. The molecule has 0 fully saturated rings. The predicted octanol–water partition coefficient (Wildman–Crippen LogP) is 0.684. The number of rotatable bonds is 3. The van der Waals surface area contributed by atoms with Gasteiger partial charge >= 0.3 is 0 Å². The molecule has 0 amide bonds. The maximum atomic E-state index is 11.2. The molecule has 0 bridgehead atoms. The number of nitrogens with two attached hydrogens (primary N) is 1. The fraction of sp³-hybridized carbons (Fsp3) is 0.200. The van der Waals surface area contributed by atoms with E-state index in [0.717, 1.165) is 6.26 Å². The standard InChI is InChI=1S/C10H11NO3S/c1-3-6-14-10-5-4-8(7-9(10)11)15(2,12)13/h1,4-5,7H,6,11H2,2H3. The SMILES string of the molecule is C#CCOc1ccc(S(C)(=O)=O)cc1N. The summed E-state index contributed by atoms with van der Waals surface area (Å²) in [7, 11) is -3.24. The van der Waals surface area contributed by atoms with Crippen LogP contribution < -0.4 is 10.5 Å². The molecule has 0 atom stereocenters. The number of hydrogen-bond acceptors (Lipinski definition) is 4. The van der Waals surface area contributed by atoms with Crippen molar-refractivity contribution in [2.45, 2.75) is 4.90 Å². The Balaban J connectivity index is 3.05. The molecule has 0 saturated carbocycles. The van der Waals surface area contributed by atoms with Crippen LogP contribution in [-0.2, 0) is 9.84 Å². The van der Waals surface area contributed by atoms with Crippen molar-refractivity contribution in [1.82, 2.24) is 0 Å². The first-order valence-electron chi connectivity index (χ1n) is 4.11. The van der Waals surface area contributed by atoms with Crippen LogP contribution in [0.15, 0.2) is 23.1 Å². The monoisotopic (exact) mass is 225 g/mol. The highest BCUT2D eigenvalue weighted by atomic mass is 32.2. The second-order valence-electron chi connectivity index (χ2n) is 2.96. The van der Waals surface area contributed by atoms with E-state index in [1.165, 1.54) is 18.2 Å². The Kier molecular flexibility index (Phi) is 3.22. The maximum absolute atomic E-state index is 11.2. The number of hydrogen-bond donors (Lipinski definition) is 1. The van der Waals surface area contributed by atoms with Crippen LogP contribution in [0.4, 0.5) is 5.69 Å². The van der Waals surface area contributed by atoms with E-state index in [4.69, 9.17) is 16.9 Å². The molecule has 2 N–H and O–H groups in total. The smallest absolute Gasteiger partial charge is 0.175 e. The quantitative estimate of drug-likeness (QED) is 0.606. The molecule has 0 unspecified atom stereocenters. The van der Waals surface area contributed by atoms with E-state index in [9.17, 15) is 8.42 Å². The van der Waals surface area contributed by atoms with E-state index in [2.05, 4.69) is 5.92 Å². The van der Waals surface area contributed by atoms with E-state index < -0.39 is 9.84 Å². The van der Waals surface area contributed by atoms with Crippen LogP contribution in [0.25, 0.3) is 0 Å². The molecule has 15 heavy (non-hydrogen) atoms. The summed E-state index contributed by atoms with van der Waals surface area (Å²) in [5, 5.41) is 0. The average molecular weight is 225 g/mol. The van der Waals surface area contributed by atoms with Crippen molar-refractivity contribution in [1.29, 1.82) is 0 Å². The molecule has 5 heteroatoms. The van der Waals surface area contributed by atoms with Crippen LogP contribution >= 0.6 is 0 Å². The third-order valence-corrected chi connectivity index (χ3v) is 2.83. The maximum Gasteiger partial charge on any atom is 0.175 e. The minimum Gasteiger partial charge on any atom is -0.479 e. The van der Waals surface area contributed by atoms with Crippen molar-refractivity contribution in [2.75, 3.05) is 18.6 Å². The lowest BCUT2D eigenvalue weighted by molar-refractivity contribution is 0.372. The largest absolute Gasteiger partial charge is 0.479 e. The lowest BCUT2D eigenvalue weighted by Crippen LogP contribution is -2.02. The Labute approximate surface area is 89.0 Å². The van der Waals surface area contributed by atoms with E-state index in [1.807, 2.05) is 0 Å². The van der Waals surface area contributed by atoms with Gasteiger partial charge in [0.15, 0.2) is 9.84 Å². The van der Waals surface area contributed by atoms with Crippen molar-refractivity contribution in [3.8, 4) is 18.1 Å². The van der Waals surface area contributed by atoms with Gasteiger partial charge in [0, 0.05) is 6.26 Å². The number of terminal acetylenes is 1. The first-order chi connectivity index (χ1) is 6.95. The Morgan fingerprint density at radius 2 is 2.20 bits per heavy atom. The highest BCUT2D eigenvalue weighted by Crippen LogP contribution is 2.24. The number of anilines is 1. The predicted molar refractivity (Wildman–Crippen MR) is 58.3 cm³/mol. The summed E-state index contributed by atoms with van der Waals surface area (Å²) in [6.45, 7) is 0.0996. The topological polar surface area (TPSA) is 69.4 Å². The number of benzene rings is 1. The minimum absolute atomic E-state index is 0.0996. The van der Waals surface area contributed by atoms with Crippen LogP contribution in [0.1, 0.15) is 0 Å². The first kappa shape index (κ1) is 11.4. The van der Waals surface area contributed by atoms with Gasteiger partial charge in [-0.15, -0.1) is 6.42 Å². The first-order valence-corrected chi connectivity index (χ1v) is 6.00. The summed E-state index contributed by atoms with van der Waals surface area (Å²) < 4.78 is 27.5. The van der Waals surface area contributed by atoms with Crippen molar-refractivity contribution in [3.05, 3.63) is 18.2 Å². The molecule has 1 aromatic carbocycles. The van der Waals surface area contributed by atoms with E-state index >= 15 is 0 Å². The number of nitrogen functional groups attached to an aromatic ring is 1. The van der Waals surface area contributed by atoms with Crippen molar-refractivity contribution in [3.63, 3.8) is 0 Å². The van der Waals surface area contributed by atoms with E-state index in [0.29, 0.717) is 5.75 Å². The molecule has 0 aliphatic carbocycles. The number of ether oxygens (including phenoxy) is 1. The summed E-state index contributed by atoms with van der Waals surface area (Å²) in [6, 6.07) is 4.27. The third-order valence-electron chi connectivity index (χ3n) is 1.72. The average Bonchev–Trinajstić information content (AvgIpc) is 2.14. The van der Waals surface area contributed by atoms with Crippen molar-refractivity contribution < 1.29 is 13.2 Å². The molecular formula is C10H11NO3S. The Morgan fingerprint density at radius 1 is 1.53 bits per heavy atom. The van der Waals surface area contributed by atoms with E-state index in [-0.39, 0.29) is 17.2 Å². The summed E-state index contributed by atoms with van der Waals surface area (Å²) in [5.41, 5.74) is 5.86. The summed E-state index contributed by atoms with van der Waals surface area (Å²) in [6.07, 6.45) is 6.13. The fourth-order valence-corrected chi connectivity index (χ4v) is 1.66. The third kappa shape index (κ3) is 2.89. The normalized spacial score (nSPS) is 10.7. The molecule has 0 radical (unpaired) electrons. The number of sulfone groups is 1. The van der Waals surface area contributed by atoms with Crippen LogP contribution in [0.5, 0.6) is 5.75 Å². The summed E-state index contributed by atoms with van der Waals surface area (Å²) in [5.74, 6) is 2.68. The van der Waals surface area contributed by atoms with Gasteiger partial charge in [0.25, 0.3) is 0 Å². The molecule has 4 nitrogen and oxygen atoms in total. The fourth-order valence-electron chi connectivity index (χ4n) is 1.01. The molecule has 80 valence electrons. The zero-order chi connectivity index (χ0) is 11.5. The Morgan fingerprint density at radius 3 is 2.67 bits per heavy atom. The summed E-state index contributed by atoms with van der Waals surface area (Å²) in [4.78, 5) is 0.160. The highest BCUT2D eigenvalue weighted by Gasteiger charge is 2.09. The minimum atomic E-state index is -3.24. The second kappa shape index (κ2) is 4.24. The molecule has 0 aliphatic heterocycles. The lowest BCUT2D eigenvalue weighted by atomic mass is 10.3. The van der Waals surface area contributed by atoms with Gasteiger partial charge in [-0.1, -0.05) is 5.92 Å². The van der Waals surface area contributed by atoms with Gasteiger partial charge in [-0.3, -0.25) is 0 Å².